The van der Waals surface area contributed by atoms with Gasteiger partial charge in [-0.15, -0.1) is 0 Å². The summed E-state index contributed by atoms with van der Waals surface area (Å²) in [5.74, 6) is -0.149. The van der Waals surface area contributed by atoms with Crippen LogP contribution in [0.1, 0.15) is 28.8 Å². The minimum atomic E-state index is -0.558. The highest BCUT2D eigenvalue weighted by Gasteiger charge is 2.21. The second-order valence-electron chi connectivity index (χ2n) is 6.28. The predicted octanol–water partition coefficient (Wildman–Crippen LogP) is 1.61. The maximum atomic E-state index is 12.2. The summed E-state index contributed by atoms with van der Waals surface area (Å²) in [6.45, 7) is 0.936. The van der Waals surface area contributed by atoms with E-state index in [0.717, 1.165) is 24.2 Å². The van der Waals surface area contributed by atoms with Crippen molar-refractivity contribution in [2.24, 2.45) is 5.73 Å². The summed E-state index contributed by atoms with van der Waals surface area (Å²) in [4.78, 5) is 36.5. The lowest BCUT2D eigenvalue weighted by Crippen LogP contribution is -2.24. The van der Waals surface area contributed by atoms with E-state index in [-0.39, 0.29) is 18.4 Å². The molecule has 1 saturated heterocycles. The van der Waals surface area contributed by atoms with Crippen molar-refractivity contribution >= 4 is 23.4 Å². The summed E-state index contributed by atoms with van der Waals surface area (Å²) >= 11 is 0. The maximum absolute atomic E-state index is 12.2. The molecule has 3 N–H and O–H groups in total. The van der Waals surface area contributed by atoms with Crippen LogP contribution in [0.4, 0.5) is 5.69 Å². The molecule has 0 aliphatic carbocycles. The molecule has 27 heavy (non-hydrogen) atoms. The molecule has 2 aromatic rings. The molecule has 7 heteroatoms. The van der Waals surface area contributed by atoms with Crippen LogP contribution in [0, 0.1) is 0 Å². The van der Waals surface area contributed by atoms with Crippen LogP contribution in [0.25, 0.3) is 0 Å². The first kappa shape index (κ1) is 18.4. The highest BCUT2D eigenvalue weighted by atomic mass is 16.5. The third-order valence-electron chi connectivity index (χ3n) is 4.27. The molecular weight excluding hydrogens is 346 g/mol. The van der Waals surface area contributed by atoms with Crippen LogP contribution in [-0.2, 0) is 16.1 Å². The number of nitrogens with zero attached hydrogens (tertiary/aromatic N) is 1. The average Bonchev–Trinajstić information content (AvgIpc) is 3.11. The highest BCUT2D eigenvalue weighted by molar-refractivity contribution is 5.95. The quantitative estimate of drug-likeness (QED) is 0.776. The van der Waals surface area contributed by atoms with Gasteiger partial charge < -0.3 is 20.7 Å². The minimum Gasteiger partial charge on any atom is -0.484 e. The molecule has 0 aromatic heterocycles. The standard InChI is InChI=1S/C20H21N3O4/c21-18(24)13-27-17-9-5-15(6-10-17)20(26)22-12-14-3-7-16(8-4-14)23-11-1-2-19(23)25/h3-10H,1-2,11-13H2,(H2,21,24)(H,22,26). The van der Waals surface area contributed by atoms with Crippen molar-refractivity contribution in [2.45, 2.75) is 19.4 Å². The van der Waals surface area contributed by atoms with Gasteiger partial charge in [0, 0.05) is 30.8 Å². The smallest absolute Gasteiger partial charge is 0.255 e. The maximum Gasteiger partial charge on any atom is 0.255 e. The lowest BCUT2D eigenvalue weighted by Gasteiger charge is -2.16. The van der Waals surface area contributed by atoms with E-state index in [1.54, 1.807) is 29.2 Å². The van der Waals surface area contributed by atoms with Crippen LogP contribution in [0.15, 0.2) is 48.5 Å². The van der Waals surface area contributed by atoms with Crippen molar-refractivity contribution in [2.75, 3.05) is 18.1 Å². The number of carbonyl (C=O) groups excluding carboxylic acids is 3. The SMILES string of the molecule is NC(=O)COc1ccc(C(=O)NCc2ccc(N3CCCC3=O)cc2)cc1. The number of benzene rings is 2. The summed E-state index contributed by atoms with van der Waals surface area (Å²) in [6, 6.07) is 14.1. The molecule has 0 bridgehead atoms. The fraction of sp³-hybridized carbons (Fsp3) is 0.250. The first-order valence-electron chi connectivity index (χ1n) is 8.71. The van der Waals surface area contributed by atoms with E-state index in [2.05, 4.69) is 5.32 Å². The number of hydrogen-bond acceptors (Lipinski definition) is 4. The van der Waals surface area contributed by atoms with Gasteiger partial charge >= 0.3 is 0 Å². The molecular formula is C20H21N3O4. The molecule has 1 aliphatic rings. The number of carbonyl (C=O) groups is 3. The number of primary amides is 1. The summed E-state index contributed by atoms with van der Waals surface area (Å²) in [6.07, 6.45) is 1.49. The van der Waals surface area contributed by atoms with Crippen molar-refractivity contribution in [3.63, 3.8) is 0 Å². The number of anilines is 1. The molecule has 0 spiro atoms. The normalized spacial score (nSPS) is 13.5. The third kappa shape index (κ3) is 4.84. The number of ether oxygens (including phenoxy) is 1. The second-order valence-corrected chi connectivity index (χ2v) is 6.28. The number of nitrogens with two attached hydrogens (primary N) is 1. The van der Waals surface area contributed by atoms with Crippen LogP contribution >= 0.6 is 0 Å². The van der Waals surface area contributed by atoms with Crippen LogP contribution in [-0.4, -0.2) is 30.9 Å². The van der Waals surface area contributed by atoms with Crippen molar-refractivity contribution in [3.8, 4) is 5.75 Å². The average molecular weight is 367 g/mol. The Labute approximate surface area is 157 Å². The summed E-state index contributed by atoms with van der Waals surface area (Å²) in [5.41, 5.74) is 7.34. The zero-order valence-electron chi connectivity index (χ0n) is 14.8. The monoisotopic (exact) mass is 367 g/mol. The predicted molar refractivity (Wildman–Crippen MR) is 100 cm³/mol. The van der Waals surface area contributed by atoms with Crippen molar-refractivity contribution < 1.29 is 19.1 Å². The van der Waals surface area contributed by atoms with E-state index < -0.39 is 5.91 Å². The molecule has 0 radical (unpaired) electrons. The lowest BCUT2D eigenvalue weighted by molar-refractivity contribution is -0.120. The first-order chi connectivity index (χ1) is 13.0. The van der Waals surface area contributed by atoms with E-state index >= 15 is 0 Å². The number of amides is 3. The summed E-state index contributed by atoms with van der Waals surface area (Å²) in [5, 5.41) is 2.85. The Kier molecular flexibility index (Phi) is 5.71. The van der Waals surface area contributed by atoms with Gasteiger partial charge in [0.15, 0.2) is 6.61 Å². The largest absolute Gasteiger partial charge is 0.484 e. The highest BCUT2D eigenvalue weighted by Crippen LogP contribution is 2.21. The van der Waals surface area contributed by atoms with Gasteiger partial charge in [0.05, 0.1) is 0 Å². The molecule has 140 valence electrons. The van der Waals surface area contributed by atoms with Crippen molar-refractivity contribution in [3.05, 3.63) is 59.7 Å². The van der Waals surface area contributed by atoms with E-state index in [9.17, 15) is 14.4 Å². The van der Waals surface area contributed by atoms with E-state index in [0.29, 0.717) is 24.3 Å². The molecule has 0 atom stereocenters. The van der Waals surface area contributed by atoms with Gasteiger partial charge in [-0.2, -0.15) is 0 Å². The third-order valence-corrected chi connectivity index (χ3v) is 4.27. The van der Waals surface area contributed by atoms with Crippen LogP contribution < -0.4 is 20.7 Å². The van der Waals surface area contributed by atoms with Gasteiger partial charge in [0.2, 0.25) is 5.91 Å². The Balaban J connectivity index is 1.52. The summed E-state index contributed by atoms with van der Waals surface area (Å²) in [7, 11) is 0. The molecule has 7 nitrogen and oxygen atoms in total. The van der Waals surface area contributed by atoms with Gasteiger partial charge in [0.25, 0.3) is 11.8 Å². The number of rotatable bonds is 7. The summed E-state index contributed by atoms with van der Waals surface area (Å²) < 4.78 is 5.16. The van der Waals surface area contributed by atoms with Gasteiger partial charge in [-0.1, -0.05) is 12.1 Å². The van der Waals surface area contributed by atoms with E-state index in [1.807, 2.05) is 24.3 Å². The molecule has 3 rings (SSSR count). The van der Waals surface area contributed by atoms with Gasteiger partial charge in [0.1, 0.15) is 5.75 Å². The van der Waals surface area contributed by atoms with Crippen molar-refractivity contribution in [1.29, 1.82) is 0 Å². The number of hydrogen-bond donors (Lipinski definition) is 2. The molecule has 0 unspecified atom stereocenters. The van der Waals surface area contributed by atoms with Crippen LogP contribution in [0.2, 0.25) is 0 Å². The molecule has 1 fully saturated rings. The Hall–Kier alpha value is -3.35. The Morgan fingerprint density at radius 3 is 2.37 bits per heavy atom. The minimum absolute atomic E-state index is 0.152. The van der Waals surface area contributed by atoms with Gasteiger partial charge in [-0.3, -0.25) is 14.4 Å². The Morgan fingerprint density at radius 1 is 1.07 bits per heavy atom. The number of nitrogens with one attached hydrogen (secondary N) is 1. The molecule has 1 aliphatic heterocycles. The van der Waals surface area contributed by atoms with Gasteiger partial charge in [-0.25, -0.2) is 0 Å². The molecule has 1 heterocycles. The van der Waals surface area contributed by atoms with E-state index in [1.165, 1.54) is 0 Å². The zero-order chi connectivity index (χ0) is 19.2. The Morgan fingerprint density at radius 2 is 1.78 bits per heavy atom. The second kappa shape index (κ2) is 8.35. The molecule has 3 amide bonds. The topological polar surface area (TPSA) is 102 Å². The lowest BCUT2D eigenvalue weighted by atomic mass is 10.1. The Bertz CT molecular complexity index is 831. The van der Waals surface area contributed by atoms with Gasteiger partial charge in [-0.05, 0) is 48.4 Å². The zero-order valence-corrected chi connectivity index (χ0v) is 14.8. The fourth-order valence-corrected chi connectivity index (χ4v) is 2.86. The fourth-order valence-electron chi connectivity index (χ4n) is 2.86. The van der Waals surface area contributed by atoms with Crippen LogP contribution in [0.5, 0.6) is 5.75 Å². The van der Waals surface area contributed by atoms with E-state index in [4.69, 9.17) is 10.5 Å². The molecule has 2 aromatic carbocycles. The van der Waals surface area contributed by atoms with Crippen LogP contribution in [0.3, 0.4) is 0 Å². The molecule has 0 saturated carbocycles. The van der Waals surface area contributed by atoms with Crippen molar-refractivity contribution in [1.82, 2.24) is 5.32 Å². The first-order valence-corrected chi connectivity index (χ1v) is 8.71.